The first-order valence-electron chi connectivity index (χ1n) is 8.57. The number of hydrogen-bond donors (Lipinski definition) is 1. The Morgan fingerprint density at radius 2 is 1.67 bits per heavy atom. The van der Waals surface area contributed by atoms with E-state index < -0.39 is 18.1 Å². The summed E-state index contributed by atoms with van der Waals surface area (Å²) in [6, 6.07) is 15.1. The molecule has 1 aliphatic rings. The largest absolute Gasteiger partial charge is 0.467 e. The molecule has 5 nitrogen and oxygen atoms in total. The molecular formula is C22H21NO4. The maximum atomic E-state index is 12.3. The highest BCUT2D eigenvalue weighted by Crippen LogP contribution is 2.44. The van der Waals surface area contributed by atoms with Gasteiger partial charge in [0.1, 0.15) is 6.61 Å². The maximum absolute atomic E-state index is 12.3. The summed E-state index contributed by atoms with van der Waals surface area (Å²) in [6.07, 6.45) is 0.681. The maximum Gasteiger partial charge on any atom is 0.408 e. The normalized spacial score (nSPS) is 13.1. The Kier molecular flexibility index (Phi) is 5.41. The number of ether oxygens (including phenoxy) is 2. The van der Waals surface area contributed by atoms with E-state index in [1.54, 1.807) is 0 Å². The fraction of sp³-hybridized carbons (Fsp3) is 0.182. The van der Waals surface area contributed by atoms with Crippen LogP contribution in [0.3, 0.4) is 0 Å². The number of alkyl carbamates (subject to hydrolysis) is 1. The molecule has 138 valence electrons. The SMILES string of the molecule is C=CC(=C)C(NC(=O)OCC1c2ccccc2-c2ccccc21)C(=O)OC. The molecule has 1 N–H and O–H groups in total. The summed E-state index contributed by atoms with van der Waals surface area (Å²) in [5.74, 6) is -0.684. The first-order chi connectivity index (χ1) is 13.1. The van der Waals surface area contributed by atoms with Gasteiger partial charge in [-0.25, -0.2) is 9.59 Å². The van der Waals surface area contributed by atoms with Crippen LogP contribution >= 0.6 is 0 Å². The Labute approximate surface area is 158 Å². The number of nitrogens with one attached hydrogen (secondary N) is 1. The average molecular weight is 363 g/mol. The van der Waals surface area contributed by atoms with E-state index in [2.05, 4.69) is 35.3 Å². The quantitative estimate of drug-likeness (QED) is 0.626. The summed E-state index contributed by atoms with van der Waals surface area (Å²) in [6.45, 7) is 7.43. The third-order valence-electron chi connectivity index (χ3n) is 4.68. The fourth-order valence-electron chi connectivity index (χ4n) is 3.30. The molecule has 0 heterocycles. The molecule has 2 aromatic carbocycles. The molecule has 1 amide bonds. The van der Waals surface area contributed by atoms with Gasteiger partial charge in [-0.2, -0.15) is 0 Å². The highest BCUT2D eigenvalue weighted by atomic mass is 16.6. The highest BCUT2D eigenvalue weighted by molar-refractivity contribution is 5.85. The molecule has 1 unspecified atom stereocenters. The van der Waals surface area contributed by atoms with Crippen molar-refractivity contribution in [2.24, 2.45) is 0 Å². The van der Waals surface area contributed by atoms with Gasteiger partial charge in [-0.1, -0.05) is 67.8 Å². The fourth-order valence-corrected chi connectivity index (χ4v) is 3.30. The Hall–Kier alpha value is -3.34. The van der Waals surface area contributed by atoms with Gasteiger partial charge in [-0.3, -0.25) is 0 Å². The monoisotopic (exact) mass is 363 g/mol. The number of methoxy groups -OCH3 is 1. The lowest BCUT2D eigenvalue weighted by molar-refractivity contribution is -0.141. The molecule has 2 aromatic rings. The minimum atomic E-state index is -1.02. The van der Waals surface area contributed by atoms with E-state index in [9.17, 15) is 9.59 Å². The van der Waals surface area contributed by atoms with Crippen LogP contribution in [-0.2, 0) is 14.3 Å². The molecule has 0 bridgehead atoms. The van der Waals surface area contributed by atoms with Crippen LogP contribution in [0.1, 0.15) is 17.0 Å². The van der Waals surface area contributed by atoms with Gasteiger partial charge >= 0.3 is 12.1 Å². The zero-order valence-corrected chi connectivity index (χ0v) is 15.1. The van der Waals surface area contributed by atoms with Gasteiger partial charge in [0.2, 0.25) is 0 Å². The Morgan fingerprint density at radius 1 is 1.11 bits per heavy atom. The number of esters is 1. The van der Waals surface area contributed by atoms with E-state index >= 15 is 0 Å². The van der Waals surface area contributed by atoms with Crippen molar-refractivity contribution >= 4 is 12.1 Å². The van der Waals surface area contributed by atoms with Crippen molar-refractivity contribution in [3.63, 3.8) is 0 Å². The molecule has 1 atom stereocenters. The molecule has 5 heteroatoms. The van der Waals surface area contributed by atoms with Crippen molar-refractivity contribution in [2.75, 3.05) is 13.7 Å². The van der Waals surface area contributed by atoms with Crippen molar-refractivity contribution in [3.05, 3.63) is 84.5 Å². The standard InChI is InChI=1S/C22H21NO4/c1-4-14(2)20(21(24)26-3)23-22(25)27-13-19-17-11-7-5-9-15(17)16-10-6-8-12-18(16)19/h4-12,19-20H,1-2,13H2,3H3,(H,23,25). The van der Waals surface area contributed by atoms with E-state index in [1.807, 2.05) is 36.4 Å². The molecule has 0 aliphatic heterocycles. The second-order valence-corrected chi connectivity index (χ2v) is 6.21. The number of amides is 1. The summed E-state index contributed by atoms with van der Waals surface area (Å²) in [5, 5.41) is 2.48. The summed E-state index contributed by atoms with van der Waals surface area (Å²) in [5.41, 5.74) is 4.86. The molecule has 3 rings (SSSR count). The average Bonchev–Trinajstić information content (AvgIpc) is 3.03. The summed E-state index contributed by atoms with van der Waals surface area (Å²) in [7, 11) is 1.24. The van der Waals surface area contributed by atoms with Gasteiger partial charge in [0, 0.05) is 5.92 Å². The Bertz CT molecular complexity index is 857. The van der Waals surface area contributed by atoms with Gasteiger partial charge in [-0.05, 0) is 27.8 Å². The number of carbonyl (C=O) groups excluding carboxylic acids is 2. The second kappa shape index (κ2) is 7.91. The molecule has 0 saturated carbocycles. The first-order valence-corrected chi connectivity index (χ1v) is 8.57. The van der Waals surface area contributed by atoms with Gasteiger partial charge < -0.3 is 14.8 Å². The molecule has 0 radical (unpaired) electrons. The smallest absolute Gasteiger partial charge is 0.408 e. The van der Waals surface area contributed by atoms with Crippen molar-refractivity contribution in [3.8, 4) is 11.1 Å². The van der Waals surface area contributed by atoms with Crippen LogP contribution in [0.15, 0.2) is 73.3 Å². The van der Waals surface area contributed by atoms with Crippen molar-refractivity contribution in [2.45, 2.75) is 12.0 Å². The van der Waals surface area contributed by atoms with E-state index in [1.165, 1.54) is 13.2 Å². The van der Waals surface area contributed by atoms with Crippen LogP contribution in [0.25, 0.3) is 11.1 Å². The van der Waals surface area contributed by atoms with Crippen LogP contribution in [0.2, 0.25) is 0 Å². The number of carbonyl (C=O) groups is 2. The zero-order valence-electron chi connectivity index (χ0n) is 15.1. The summed E-state index contributed by atoms with van der Waals surface area (Å²) in [4.78, 5) is 24.1. The van der Waals surface area contributed by atoms with E-state index in [0.717, 1.165) is 22.3 Å². The van der Waals surface area contributed by atoms with Gasteiger partial charge in [0.15, 0.2) is 6.04 Å². The summed E-state index contributed by atoms with van der Waals surface area (Å²) >= 11 is 0. The van der Waals surface area contributed by atoms with Gasteiger partial charge in [0.25, 0.3) is 0 Å². The van der Waals surface area contributed by atoms with Crippen molar-refractivity contribution in [1.29, 1.82) is 0 Å². The lowest BCUT2D eigenvalue weighted by Crippen LogP contribution is -2.42. The molecule has 27 heavy (non-hydrogen) atoms. The lowest BCUT2D eigenvalue weighted by atomic mass is 9.98. The Balaban J connectivity index is 1.73. The minimum absolute atomic E-state index is 0.0534. The molecule has 1 aliphatic carbocycles. The van der Waals surface area contributed by atoms with Crippen LogP contribution in [-0.4, -0.2) is 31.8 Å². The topological polar surface area (TPSA) is 64.6 Å². The second-order valence-electron chi connectivity index (χ2n) is 6.21. The van der Waals surface area contributed by atoms with E-state index in [4.69, 9.17) is 4.74 Å². The first kappa shape index (κ1) is 18.5. The van der Waals surface area contributed by atoms with Gasteiger partial charge in [-0.15, -0.1) is 0 Å². The molecule has 0 fully saturated rings. The number of hydrogen-bond acceptors (Lipinski definition) is 4. The number of fused-ring (bicyclic) bond motifs is 3. The minimum Gasteiger partial charge on any atom is -0.467 e. The molecule has 0 aromatic heterocycles. The Morgan fingerprint density at radius 3 is 2.19 bits per heavy atom. The third kappa shape index (κ3) is 3.62. The van der Waals surface area contributed by atoms with E-state index in [-0.39, 0.29) is 12.5 Å². The van der Waals surface area contributed by atoms with E-state index in [0.29, 0.717) is 5.57 Å². The molecular weight excluding hydrogens is 342 g/mol. The molecule has 0 saturated heterocycles. The van der Waals surface area contributed by atoms with Crippen LogP contribution in [0, 0.1) is 0 Å². The predicted molar refractivity (Wildman–Crippen MR) is 103 cm³/mol. The zero-order chi connectivity index (χ0) is 19.4. The van der Waals surface area contributed by atoms with Crippen molar-refractivity contribution < 1.29 is 19.1 Å². The summed E-state index contributed by atoms with van der Waals surface area (Å²) < 4.78 is 10.1. The lowest BCUT2D eigenvalue weighted by Gasteiger charge is -2.18. The molecule has 0 spiro atoms. The highest BCUT2D eigenvalue weighted by Gasteiger charge is 2.30. The van der Waals surface area contributed by atoms with Gasteiger partial charge in [0.05, 0.1) is 7.11 Å². The van der Waals surface area contributed by atoms with Crippen molar-refractivity contribution in [1.82, 2.24) is 5.32 Å². The number of rotatable bonds is 6. The van der Waals surface area contributed by atoms with Crippen LogP contribution in [0.4, 0.5) is 4.79 Å². The van der Waals surface area contributed by atoms with Crippen LogP contribution < -0.4 is 5.32 Å². The van der Waals surface area contributed by atoms with Crippen LogP contribution in [0.5, 0.6) is 0 Å². The predicted octanol–water partition coefficient (Wildman–Crippen LogP) is 3.81. The number of benzene rings is 2. The third-order valence-corrected chi connectivity index (χ3v) is 4.68.